The van der Waals surface area contributed by atoms with Crippen LogP contribution in [-0.4, -0.2) is 100 Å². The van der Waals surface area contributed by atoms with Gasteiger partial charge in [-0.3, -0.25) is 14.4 Å². The van der Waals surface area contributed by atoms with Gasteiger partial charge in [-0.05, 0) is 160 Å². The Morgan fingerprint density at radius 3 is 2.20 bits per heavy atom. The van der Waals surface area contributed by atoms with Gasteiger partial charge >= 0.3 is 0 Å². The lowest BCUT2D eigenvalue weighted by atomic mass is 9.45. The van der Waals surface area contributed by atoms with E-state index in [1.807, 2.05) is 74.1 Å². The van der Waals surface area contributed by atoms with Crippen molar-refractivity contribution in [3.63, 3.8) is 0 Å². The van der Waals surface area contributed by atoms with Crippen molar-refractivity contribution < 1.29 is 15.1 Å². The Labute approximate surface area is 402 Å². The predicted molar refractivity (Wildman–Crippen MR) is 276 cm³/mol. The molecule has 344 valence electrons. The van der Waals surface area contributed by atoms with Crippen molar-refractivity contribution in [3.05, 3.63) is 137 Å². The molecule has 2 heterocycles. The lowest BCUT2D eigenvalue weighted by Crippen LogP contribution is -2.76. The molecular formula is C51H67BClN8O2S2+. The molecule has 0 bridgehead atoms. The molecule has 10 nitrogen and oxygen atoms in total. The van der Waals surface area contributed by atoms with E-state index in [2.05, 4.69) is 105 Å². The molecule has 7 rings (SSSR count). The SMILES string of the molecule is CC.CN(C)CCCCSc1ccccc1.CO[NH2+]c1cc(SNC(=O)c2ccc(N3CCN(Cc4cc(CN5CCB(C#N)CC5)ccc4-c4ccc(Cl)cc4)CC3)cc2)ccc1N. The Kier molecular flexibility index (Phi) is 22.1. The van der Waals surface area contributed by atoms with Gasteiger partial charge < -0.3 is 20.4 Å². The van der Waals surface area contributed by atoms with Crippen LogP contribution in [0.15, 0.2) is 125 Å². The maximum Gasteiger partial charge on any atom is 0.270 e. The number of halogens is 1. The number of unbranched alkanes of at least 4 members (excludes halogenated alkanes) is 1. The highest BCUT2D eigenvalue weighted by molar-refractivity contribution is 7.99. The number of nitriles is 1. The van der Waals surface area contributed by atoms with Gasteiger partial charge in [-0.25, -0.2) is 10.1 Å². The molecule has 2 saturated heterocycles. The molecule has 5 aromatic carbocycles. The zero-order valence-corrected chi connectivity index (χ0v) is 41.2. The van der Waals surface area contributed by atoms with Gasteiger partial charge in [0.05, 0.1) is 12.8 Å². The third-order valence-corrected chi connectivity index (χ3v) is 13.5. The number of nitrogens with two attached hydrogens (primary N) is 2. The van der Waals surface area contributed by atoms with Crippen LogP contribution in [0.1, 0.15) is 48.2 Å². The fourth-order valence-corrected chi connectivity index (χ4v) is 9.45. The fraction of sp³-hybridized carbons (Fsp3) is 0.373. The van der Waals surface area contributed by atoms with Crippen molar-refractivity contribution in [3.8, 4) is 17.1 Å². The zero-order chi connectivity index (χ0) is 46.4. The van der Waals surface area contributed by atoms with Crippen molar-refractivity contribution in [1.82, 2.24) is 19.4 Å². The average molecular weight is 935 g/mol. The molecule has 0 spiro atoms. The molecule has 2 fully saturated rings. The maximum absolute atomic E-state index is 12.9. The molecule has 5 N–H and O–H groups in total. The number of hydrogen-bond acceptors (Lipinski definition) is 10. The van der Waals surface area contributed by atoms with Gasteiger partial charge in [0.25, 0.3) is 12.6 Å². The number of carbonyl (C=O) groups is 1. The van der Waals surface area contributed by atoms with E-state index in [9.17, 15) is 10.1 Å². The first-order valence-electron chi connectivity index (χ1n) is 22.8. The van der Waals surface area contributed by atoms with Crippen LogP contribution in [0.4, 0.5) is 17.1 Å². The highest BCUT2D eigenvalue weighted by atomic mass is 35.5. The molecular weight excluding hydrogens is 867 g/mol. The Hall–Kier alpha value is -4.49. The van der Waals surface area contributed by atoms with Crippen LogP contribution in [0.3, 0.4) is 0 Å². The van der Waals surface area contributed by atoms with Gasteiger partial charge in [-0.2, -0.15) is 5.48 Å². The number of thioether (sulfide) groups is 1. The summed E-state index contributed by atoms with van der Waals surface area (Å²) in [7, 11) is 5.84. The highest BCUT2D eigenvalue weighted by Gasteiger charge is 2.24. The summed E-state index contributed by atoms with van der Waals surface area (Å²) in [6, 6.07) is 39.0. The van der Waals surface area contributed by atoms with E-state index in [1.165, 1.54) is 64.2 Å². The summed E-state index contributed by atoms with van der Waals surface area (Å²) in [5.74, 6) is 3.52. The molecule has 0 radical (unpaired) electrons. The Bertz CT molecular complexity index is 2220. The minimum Gasteiger partial charge on any atom is -0.394 e. The molecule has 14 heteroatoms. The maximum atomic E-state index is 12.9. The van der Waals surface area contributed by atoms with Crippen LogP contribution < -0.4 is 20.8 Å². The molecule has 5 aromatic rings. The highest BCUT2D eigenvalue weighted by Crippen LogP contribution is 2.30. The van der Waals surface area contributed by atoms with Gasteiger partial charge in [0, 0.05) is 77.4 Å². The van der Waals surface area contributed by atoms with Gasteiger partial charge in [-0.15, -0.1) is 11.8 Å². The molecule has 0 aromatic heterocycles. The van der Waals surface area contributed by atoms with Crippen molar-refractivity contribution >= 4 is 65.0 Å². The van der Waals surface area contributed by atoms with Crippen LogP contribution in [0.5, 0.6) is 0 Å². The number of benzene rings is 5. The first kappa shape index (κ1) is 51.5. The van der Waals surface area contributed by atoms with Crippen molar-refractivity contribution in [2.45, 2.75) is 62.2 Å². The number of quaternary nitrogens is 1. The summed E-state index contributed by atoms with van der Waals surface area (Å²) in [6.45, 7) is 12.8. The van der Waals surface area contributed by atoms with Gasteiger partial charge in [-0.1, -0.05) is 74.0 Å². The third kappa shape index (κ3) is 17.0. The minimum atomic E-state index is -0.152. The summed E-state index contributed by atoms with van der Waals surface area (Å²) >= 11 is 9.43. The van der Waals surface area contributed by atoms with Crippen LogP contribution in [0.25, 0.3) is 11.1 Å². The van der Waals surface area contributed by atoms with E-state index in [0.717, 1.165) is 86.3 Å². The number of nitrogens with zero attached hydrogens (tertiary/aromatic N) is 5. The number of amides is 1. The minimum absolute atomic E-state index is 0.152. The number of carbonyl (C=O) groups excluding carboxylic acids is 1. The molecule has 0 aliphatic carbocycles. The van der Waals surface area contributed by atoms with E-state index >= 15 is 0 Å². The molecule has 1 amide bonds. The van der Waals surface area contributed by atoms with Gasteiger partial charge in [0.15, 0.2) is 5.69 Å². The second kappa shape index (κ2) is 27.9. The van der Waals surface area contributed by atoms with E-state index in [0.29, 0.717) is 11.3 Å². The Morgan fingerprint density at radius 1 is 0.846 bits per heavy atom. The average Bonchev–Trinajstić information content (AvgIpc) is 3.34. The second-order valence-corrected chi connectivity index (χ2v) is 18.8. The van der Waals surface area contributed by atoms with E-state index < -0.39 is 0 Å². The summed E-state index contributed by atoms with van der Waals surface area (Å²) in [4.78, 5) is 29.8. The van der Waals surface area contributed by atoms with E-state index in [-0.39, 0.29) is 12.6 Å². The van der Waals surface area contributed by atoms with Gasteiger partial charge in [0.2, 0.25) is 0 Å². The molecule has 0 atom stereocenters. The molecule has 65 heavy (non-hydrogen) atoms. The van der Waals surface area contributed by atoms with Crippen LogP contribution >= 0.6 is 35.3 Å². The smallest absolute Gasteiger partial charge is 0.270 e. The lowest BCUT2D eigenvalue weighted by Gasteiger charge is -2.36. The topological polar surface area (TPSA) is 118 Å². The lowest BCUT2D eigenvalue weighted by molar-refractivity contribution is -0.829. The number of nitrogen functional groups attached to an aromatic ring is 1. The zero-order valence-electron chi connectivity index (χ0n) is 38.8. The molecule has 2 aliphatic heterocycles. The summed E-state index contributed by atoms with van der Waals surface area (Å²) in [5.41, 5.74) is 15.7. The Morgan fingerprint density at radius 2 is 1.54 bits per heavy atom. The third-order valence-electron chi connectivity index (χ3n) is 11.3. The van der Waals surface area contributed by atoms with Crippen molar-refractivity contribution in [2.75, 3.05) is 83.4 Å². The molecule has 0 unspecified atom stereocenters. The normalized spacial score (nSPS) is 14.2. The number of rotatable bonds is 17. The summed E-state index contributed by atoms with van der Waals surface area (Å²) in [5, 5.41) is 10.0. The molecule has 0 saturated carbocycles. The monoisotopic (exact) mass is 933 g/mol. The van der Waals surface area contributed by atoms with Crippen molar-refractivity contribution in [1.29, 1.82) is 5.26 Å². The largest absolute Gasteiger partial charge is 0.394 e. The number of nitrogens with one attached hydrogen (secondary N) is 1. The second-order valence-electron chi connectivity index (χ2n) is 16.3. The fourth-order valence-electron chi connectivity index (χ4n) is 7.74. The van der Waals surface area contributed by atoms with Crippen LogP contribution in [0.2, 0.25) is 17.7 Å². The quantitative estimate of drug-likeness (QED) is 0.0208. The van der Waals surface area contributed by atoms with E-state index in [1.54, 1.807) is 18.7 Å². The van der Waals surface area contributed by atoms with Gasteiger partial charge in [0.1, 0.15) is 0 Å². The van der Waals surface area contributed by atoms with Crippen LogP contribution in [-0.2, 0) is 17.9 Å². The summed E-state index contributed by atoms with van der Waals surface area (Å²) in [6.07, 6.45) is 4.50. The first-order chi connectivity index (χ1) is 31.7. The predicted octanol–water partition coefficient (Wildman–Crippen LogP) is 9.62. The summed E-state index contributed by atoms with van der Waals surface area (Å²) < 4.78 is 2.92. The standard InChI is InChI=1S/C37H41BClN7O2S.C12H19NS.C2H6/c1-48-42-36-23-33(11-13-35(36)41)49-43-37(47)29-5-9-32(10-6-29)46-20-18-45(19-21-46)25-30-22-27(24-44-16-14-38(26-40)15-17-44)2-12-34(30)28-3-7-31(39)8-4-28;1-13(2)10-6-7-11-14-12-8-4-3-5-9-12;1-2/h2-13,22-23,42H,14-21,24-25,41H2,1H3,(H,43,47);3-5,8-9H,6-7,10-11H2,1-2H3;1-2H3/p+1. The Balaban J connectivity index is 0.000000422. The van der Waals surface area contributed by atoms with E-state index in [4.69, 9.17) is 22.2 Å². The number of hydrogen-bond donors (Lipinski definition) is 3. The number of piperazine rings is 1. The molecule has 2 aliphatic rings. The van der Waals surface area contributed by atoms with Crippen LogP contribution in [0, 0.1) is 11.2 Å². The number of anilines is 2. The first-order valence-corrected chi connectivity index (χ1v) is 25.0. The van der Waals surface area contributed by atoms with Crippen molar-refractivity contribution in [2.24, 2.45) is 0 Å².